The summed E-state index contributed by atoms with van der Waals surface area (Å²) < 4.78 is 0. The average Bonchev–Trinajstić information content (AvgIpc) is 2.67. The molecule has 28 heavy (non-hydrogen) atoms. The Morgan fingerprint density at radius 2 is 1.64 bits per heavy atom. The van der Waals surface area contributed by atoms with E-state index in [0.29, 0.717) is 31.7 Å². The highest BCUT2D eigenvalue weighted by Gasteiger charge is 2.24. The summed E-state index contributed by atoms with van der Waals surface area (Å²) in [5.74, 6) is 0.000866. The Hall–Kier alpha value is -2.89. The number of anilines is 2. The first-order valence-corrected chi connectivity index (χ1v) is 9.62. The number of hydrogen-bond acceptors (Lipinski definition) is 4. The van der Waals surface area contributed by atoms with E-state index in [1.165, 1.54) is 5.56 Å². The van der Waals surface area contributed by atoms with Crippen molar-refractivity contribution >= 4 is 23.2 Å². The van der Waals surface area contributed by atoms with Gasteiger partial charge in [-0.3, -0.25) is 14.6 Å². The molecule has 0 spiro atoms. The summed E-state index contributed by atoms with van der Waals surface area (Å²) in [6, 6.07) is 10.0. The second-order valence-corrected chi connectivity index (χ2v) is 8.18. The molecule has 1 aliphatic heterocycles. The number of para-hydroxylation sites is 1. The molecule has 0 radical (unpaired) electrons. The summed E-state index contributed by atoms with van der Waals surface area (Å²) in [6.45, 7) is 10.3. The molecule has 2 amide bonds. The van der Waals surface area contributed by atoms with Crippen LogP contribution in [-0.4, -0.2) is 52.8 Å². The Labute approximate surface area is 166 Å². The molecule has 1 fully saturated rings. The number of rotatable bonds is 3. The van der Waals surface area contributed by atoms with E-state index < -0.39 is 0 Å². The molecule has 0 bridgehead atoms. The zero-order valence-electron chi connectivity index (χ0n) is 17.0. The molecule has 6 nitrogen and oxygen atoms in total. The van der Waals surface area contributed by atoms with Crippen molar-refractivity contribution in [3.05, 3.63) is 53.9 Å². The SMILES string of the molecule is CC(=O)N1CCN(C(=O)c2cncc(Nc3ccccc3C(C)(C)C)c2)CC1. The normalized spacial score (nSPS) is 14.7. The van der Waals surface area contributed by atoms with Gasteiger partial charge in [0.15, 0.2) is 0 Å². The lowest BCUT2D eigenvalue weighted by Gasteiger charge is -2.34. The monoisotopic (exact) mass is 380 g/mol. The van der Waals surface area contributed by atoms with Crippen molar-refractivity contribution < 1.29 is 9.59 Å². The van der Waals surface area contributed by atoms with E-state index in [9.17, 15) is 9.59 Å². The van der Waals surface area contributed by atoms with Crippen LogP contribution in [0.3, 0.4) is 0 Å². The van der Waals surface area contributed by atoms with Gasteiger partial charge in [-0.05, 0) is 23.1 Å². The largest absolute Gasteiger partial charge is 0.354 e. The molecule has 1 N–H and O–H groups in total. The summed E-state index contributed by atoms with van der Waals surface area (Å²) in [5.41, 5.74) is 3.55. The number of aromatic nitrogens is 1. The highest BCUT2D eigenvalue weighted by atomic mass is 16.2. The van der Waals surface area contributed by atoms with Gasteiger partial charge in [0.2, 0.25) is 5.91 Å². The first-order chi connectivity index (χ1) is 13.3. The van der Waals surface area contributed by atoms with Gasteiger partial charge in [-0.1, -0.05) is 39.0 Å². The number of hydrogen-bond donors (Lipinski definition) is 1. The van der Waals surface area contributed by atoms with Gasteiger partial charge in [-0.2, -0.15) is 0 Å². The zero-order chi connectivity index (χ0) is 20.3. The molecule has 1 aromatic carbocycles. The minimum absolute atomic E-state index is 0.000832. The van der Waals surface area contributed by atoms with Crippen LogP contribution < -0.4 is 5.32 Å². The van der Waals surface area contributed by atoms with Gasteiger partial charge < -0.3 is 15.1 Å². The van der Waals surface area contributed by atoms with Crippen molar-refractivity contribution in [3.63, 3.8) is 0 Å². The van der Waals surface area contributed by atoms with E-state index >= 15 is 0 Å². The van der Waals surface area contributed by atoms with E-state index in [0.717, 1.165) is 11.4 Å². The van der Waals surface area contributed by atoms with E-state index in [4.69, 9.17) is 0 Å². The Balaban J connectivity index is 1.75. The third-order valence-electron chi connectivity index (χ3n) is 5.01. The third kappa shape index (κ3) is 4.50. The number of amides is 2. The van der Waals surface area contributed by atoms with Crippen molar-refractivity contribution in [2.75, 3.05) is 31.5 Å². The maximum absolute atomic E-state index is 12.9. The lowest BCUT2D eigenvalue weighted by molar-refractivity contribution is -0.130. The second-order valence-electron chi connectivity index (χ2n) is 8.18. The summed E-state index contributed by atoms with van der Waals surface area (Å²) in [6.07, 6.45) is 3.32. The van der Waals surface area contributed by atoms with Crippen molar-refractivity contribution in [1.29, 1.82) is 0 Å². The molecular weight excluding hydrogens is 352 g/mol. The molecule has 2 heterocycles. The maximum Gasteiger partial charge on any atom is 0.255 e. The summed E-state index contributed by atoms with van der Waals surface area (Å²) in [4.78, 5) is 32.1. The van der Waals surface area contributed by atoms with Crippen molar-refractivity contribution in [2.45, 2.75) is 33.1 Å². The van der Waals surface area contributed by atoms with Crippen LogP contribution in [0.1, 0.15) is 43.6 Å². The van der Waals surface area contributed by atoms with Gasteiger partial charge in [0.05, 0.1) is 17.4 Å². The van der Waals surface area contributed by atoms with Crippen LogP contribution >= 0.6 is 0 Å². The summed E-state index contributed by atoms with van der Waals surface area (Å²) in [5, 5.41) is 3.41. The molecule has 1 aliphatic rings. The fraction of sp³-hybridized carbons (Fsp3) is 0.409. The minimum atomic E-state index is -0.0524. The van der Waals surface area contributed by atoms with E-state index in [1.807, 2.05) is 24.3 Å². The first-order valence-electron chi connectivity index (χ1n) is 9.62. The molecule has 1 aromatic heterocycles. The average molecular weight is 380 g/mol. The predicted octanol–water partition coefficient (Wildman–Crippen LogP) is 3.43. The van der Waals surface area contributed by atoms with Crippen LogP contribution in [-0.2, 0) is 10.2 Å². The number of piperazine rings is 1. The highest BCUT2D eigenvalue weighted by molar-refractivity contribution is 5.95. The fourth-order valence-corrected chi connectivity index (χ4v) is 3.43. The number of nitrogens with zero attached hydrogens (tertiary/aromatic N) is 3. The molecule has 0 saturated carbocycles. The fourth-order valence-electron chi connectivity index (χ4n) is 3.43. The number of carbonyl (C=O) groups excluding carboxylic acids is 2. The van der Waals surface area contributed by atoms with Gasteiger partial charge in [-0.15, -0.1) is 0 Å². The Bertz CT molecular complexity index is 865. The highest BCUT2D eigenvalue weighted by Crippen LogP contribution is 2.31. The van der Waals surface area contributed by atoms with Crippen molar-refractivity contribution in [2.24, 2.45) is 0 Å². The molecule has 1 saturated heterocycles. The van der Waals surface area contributed by atoms with Gasteiger partial charge in [-0.25, -0.2) is 0 Å². The summed E-state index contributed by atoms with van der Waals surface area (Å²) in [7, 11) is 0. The van der Waals surface area contributed by atoms with Crippen LogP contribution in [0.2, 0.25) is 0 Å². The minimum Gasteiger partial charge on any atom is -0.354 e. The molecular formula is C22H28N4O2. The van der Waals surface area contributed by atoms with Crippen LogP contribution in [0, 0.1) is 0 Å². The van der Waals surface area contributed by atoms with E-state index in [2.05, 4.69) is 37.1 Å². The number of benzene rings is 1. The van der Waals surface area contributed by atoms with E-state index in [-0.39, 0.29) is 17.2 Å². The smallest absolute Gasteiger partial charge is 0.255 e. The zero-order valence-corrected chi connectivity index (χ0v) is 17.0. The van der Waals surface area contributed by atoms with Crippen LogP contribution in [0.25, 0.3) is 0 Å². The molecule has 0 aliphatic carbocycles. The van der Waals surface area contributed by atoms with Crippen LogP contribution in [0.15, 0.2) is 42.7 Å². The van der Waals surface area contributed by atoms with Gasteiger partial charge in [0.25, 0.3) is 5.91 Å². The summed E-state index contributed by atoms with van der Waals surface area (Å²) >= 11 is 0. The number of nitrogens with one attached hydrogen (secondary N) is 1. The topological polar surface area (TPSA) is 65.5 Å². The quantitative estimate of drug-likeness (QED) is 0.886. The van der Waals surface area contributed by atoms with Crippen LogP contribution in [0.5, 0.6) is 0 Å². The Kier molecular flexibility index (Phi) is 5.68. The second kappa shape index (κ2) is 8.00. The van der Waals surface area contributed by atoms with Gasteiger partial charge in [0.1, 0.15) is 0 Å². The molecule has 6 heteroatoms. The maximum atomic E-state index is 12.9. The Morgan fingerprint density at radius 1 is 1.00 bits per heavy atom. The molecule has 2 aromatic rings. The molecule has 148 valence electrons. The third-order valence-corrected chi connectivity index (χ3v) is 5.01. The van der Waals surface area contributed by atoms with Crippen molar-refractivity contribution in [3.8, 4) is 0 Å². The van der Waals surface area contributed by atoms with Crippen LogP contribution in [0.4, 0.5) is 11.4 Å². The lowest BCUT2D eigenvalue weighted by Crippen LogP contribution is -2.50. The standard InChI is InChI=1S/C22H28N4O2/c1-16(27)25-9-11-26(12-10-25)21(28)17-13-18(15-23-14-17)24-20-8-6-5-7-19(20)22(2,3)4/h5-8,13-15,24H,9-12H2,1-4H3. The van der Waals surface area contributed by atoms with E-state index in [1.54, 1.807) is 29.1 Å². The van der Waals surface area contributed by atoms with Gasteiger partial charge >= 0.3 is 0 Å². The number of carbonyl (C=O) groups is 2. The Morgan fingerprint density at radius 3 is 2.29 bits per heavy atom. The molecule has 3 rings (SSSR count). The first kappa shape index (κ1) is 19.9. The molecule has 0 atom stereocenters. The van der Waals surface area contributed by atoms with Gasteiger partial charge in [0, 0.05) is 45.0 Å². The van der Waals surface area contributed by atoms with Crippen molar-refractivity contribution in [1.82, 2.24) is 14.8 Å². The predicted molar refractivity (Wildman–Crippen MR) is 111 cm³/mol. The lowest BCUT2D eigenvalue weighted by atomic mass is 9.86. The molecule has 0 unspecified atom stereocenters. The number of pyridine rings is 1.